The molecular formula is C15H21NO2. The average molecular weight is 247 g/mol. The fraction of sp³-hybridized carbons (Fsp3) is 0.533. The Balaban J connectivity index is 1.74. The van der Waals surface area contributed by atoms with Crippen LogP contribution in [-0.2, 0) is 4.74 Å². The van der Waals surface area contributed by atoms with E-state index in [1.165, 1.54) is 19.3 Å². The van der Waals surface area contributed by atoms with Gasteiger partial charge in [-0.3, -0.25) is 4.79 Å². The van der Waals surface area contributed by atoms with Gasteiger partial charge in [0.25, 0.3) is 0 Å². The Morgan fingerprint density at radius 2 is 2.11 bits per heavy atom. The van der Waals surface area contributed by atoms with Gasteiger partial charge in [-0.1, -0.05) is 0 Å². The Kier molecular flexibility index (Phi) is 4.76. The predicted octanol–water partition coefficient (Wildman–Crippen LogP) is 3.26. The van der Waals surface area contributed by atoms with Gasteiger partial charge < -0.3 is 10.1 Å². The van der Waals surface area contributed by atoms with Crippen LogP contribution < -0.4 is 5.32 Å². The van der Waals surface area contributed by atoms with Crippen LogP contribution in [0.5, 0.6) is 0 Å². The maximum Gasteiger partial charge on any atom is 0.159 e. The molecule has 0 aliphatic carbocycles. The minimum Gasteiger partial charge on any atom is -0.385 e. The molecule has 1 saturated heterocycles. The Morgan fingerprint density at radius 3 is 2.72 bits per heavy atom. The number of ether oxygens (including phenoxy) is 1. The molecule has 18 heavy (non-hydrogen) atoms. The second kappa shape index (κ2) is 6.55. The summed E-state index contributed by atoms with van der Waals surface area (Å²) >= 11 is 0. The number of Topliss-reactive ketones (excluding diaryl/α,β-unsaturated/α-hetero) is 1. The third-order valence-corrected chi connectivity index (χ3v) is 3.36. The van der Waals surface area contributed by atoms with Crippen LogP contribution in [0, 0.1) is 0 Å². The molecule has 0 saturated carbocycles. The molecule has 3 nitrogen and oxygen atoms in total. The Labute approximate surface area is 109 Å². The topological polar surface area (TPSA) is 38.3 Å². The van der Waals surface area contributed by atoms with Crippen molar-refractivity contribution in [3.8, 4) is 0 Å². The molecule has 1 N–H and O–H groups in total. The zero-order valence-corrected chi connectivity index (χ0v) is 10.9. The standard InChI is InChI=1S/C15H21NO2/c1-12(17)13-5-7-14(8-6-13)16-10-9-15-4-2-3-11-18-15/h5-8,15-16H,2-4,9-11H2,1H3. The van der Waals surface area contributed by atoms with Crippen molar-refractivity contribution in [2.45, 2.75) is 38.7 Å². The zero-order valence-electron chi connectivity index (χ0n) is 10.9. The first-order chi connectivity index (χ1) is 8.75. The Hall–Kier alpha value is -1.35. The fourth-order valence-corrected chi connectivity index (χ4v) is 2.24. The Morgan fingerprint density at radius 1 is 1.33 bits per heavy atom. The van der Waals surface area contributed by atoms with Crippen molar-refractivity contribution in [3.05, 3.63) is 29.8 Å². The van der Waals surface area contributed by atoms with Gasteiger partial charge >= 0.3 is 0 Å². The molecule has 3 heteroatoms. The van der Waals surface area contributed by atoms with Gasteiger partial charge in [0.05, 0.1) is 6.10 Å². The van der Waals surface area contributed by atoms with E-state index >= 15 is 0 Å². The first kappa shape index (κ1) is 13.1. The number of rotatable bonds is 5. The van der Waals surface area contributed by atoms with E-state index in [4.69, 9.17) is 4.74 Å². The molecule has 1 fully saturated rings. The van der Waals surface area contributed by atoms with Crippen LogP contribution in [0.2, 0.25) is 0 Å². The summed E-state index contributed by atoms with van der Waals surface area (Å²) in [6.07, 6.45) is 5.15. The van der Waals surface area contributed by atoms with E-state index in [0.29, 0.717) is 6.10 Å². The van der Waals surface area contributed by atoms with Gasteiger partial charge in [0.1, 0.15) is 0 Å². The second-order valence-electron chi connectivity index (χ2n) is 4.84. The lowest BCUT2D eigenvalue weighted by Gasteiger charge is -2.22. The van der Waals surface area contributed by atoms with Gasteiger partial charge in [0.2, 0.25) is 0 Å². The highest BCUT2D eigenvalue weighted by Gasteiger charge is 2.12. The largest absolute Gasteiger partial charge is 0.385 e. The number of nitrogens with one attached hydrogen (secondary N) is 1. The monoisotopic (exact) mass is 247 g/mol. The van der Waals surface area contributed by atoms with Gasteiger partial charge in [-0.2, -0.15) is 0 Å². The fourth-order valence-electron chi connectivity index (χ4n) is 2.24. The van der Waals surface area contributed by atoms with Crippen LogP contribution in [0.25, 0.3) is 0 Å². The van der Waals surface area contributed by atoms with E-state index in [0.717, 1.165) is 30.8 Å². The summed E-state index contributed by atoms with van der Waals surface area (Å²) in [6, 6.07) is 7.64. The van der Waals surface area contributed by atoms with Gasteiger partial charge in [-0.05, 0) is 56.9 Å². The van der Waals surface area contributed by atoms with E-state index in [9.17, 15) is 4.79 Å². The van der Waals surface area contributed by atoms with Gasteiger partial charge in [0, 0.05) is 24.4 Å². The summed E-state index contributed by atoms with van der Waals surface area (Å²) < 4.78 is 5.68. The van der Waals surface area contributed by atoms with Crippen molar-refractivity contribution in [1.29, 1.82) is 0 Å². The number of hydrogen-bond donors (Lipinski definition) is 1. The zero-order chi connectivity index (χ0) is 12.8. The van der Waals surface area contributed by atoms with Crippen LogP contribution in [0.1, 0.15) is 43.0 Å². The molecule has 0 spiro atoms. The molecule has 1 heterocycles. The lowest BCUT2D eigenvalue weighted by atomic mass is 10.1. The van der Waals surface area contributed by atoms with Crippen molar-refractivity contribution in [2.24, 2.45) is 0 Å². The van der Waals surface area contributed by atoms with E-state index < -0.39 is 0 Å². The van der Waals surface area contributed by atoms with Crippen LogP contribution in [0.4, 0.5) is 5.69 Å². The van der Waals surface area contributed by atoms with Crippen molar-refractivity contribution in [2.75, 3.05) is 18.5 Å². The van der Waals surface area contributed by atoms with Crippen molar-refractivity contribution in [1.82, 2.24) is 0 Å². The predicted molar refractivity (Wildman–Crippen MR) is 73.1 cm³/mol. The summed E-state index contributed by atoms with van der Waals surface area (Å²) in [7, 11) is 0. The highest BCUT2D eigenvalue weighted by atomic mass is 16.5. The molecule has 1 aromatic rings. The molecule has 0 amide bonds. The summed E-state index contributed by atoms with van der Waals surface area (Å²) in [5, 5.41) is 3.37. The molecule has 0 bridgehead atoms. The number of benzene rings is 1. The van der Waals surface area contributed by atoms with Gasteiger partial charge in [-0.25, -0.2) is 0 Å². The van der Waals surface area contributed by atoms with E-state index in [1.807, 2.05) is 24.3 Å². The number of ketones is 1. The molecule has 1 unspecified atom stereocenters. The van der Waals surface area contributed by atoms with Crippen LogP contribution in [0.15, 0.2) is 24.3 Å². The van der Waals surface area contributed by atoms with Crippen molar-refractivity contribution >= 4 is 11.5 Å². The van der Waals surface area contributed by atoms with E-state index in [2.05, 4.69) is 5.32 Å². The maximum absolute atomic E-state index is 11.1. The summed E-state index contributed by atoms with van der Waals surface area (Å²) in [6.45, 7) is 3.42. The maximum atomic E-state index is 11.1. The van der Waals surface area contributed by atoms with Crippen LogP contribution >= 0.6 is 0 Å². The molecule has 1 atom stereocenters. The van der Waals surface area contributed by atoms with Gasteiger partial charge in [0.15, 0.2) is 5.78 Å². The minimum atomic E-state index is 0.108. The lowest BCUT2D eigenvalue weighted by molar-refractivity contribution is 0.0134. The van der Waals surface area contributed by atoms with Gasteiger partial charge in [-0.15, -0.1) is 0 Å². The summed E-state index contributed by atoms with van der Waals surface area (Å²) in [5.41, 5.74) is 1.83. The average Bonchev–Trinajstić information content (AvgIpc) is 2.40. The molecule has 0 aromatic heterocycles. The molecule has 1 aromatic carbocycles. The van der Waals surface area contributed by atoms with E-state index in [-0.39, 0.29) is 5.78 Å². The number of anilines is 1. The number of carbonyl (C=O) groups is 1. The third kappa shape index (κ3) is 3.84. The first-order valence-corrected chi connectivity index (χ1v) is 6.72. The molecule has 0 radical (unpaired) electrons. The van der Waals surface area contributed by atoms with Crippen LogP contribution in [-0.4, -0.2) is 25.0 Å². The molecule has 1 aliphatic heterocycles. The summed E-state index contributed by atoms with van der Waals surface area (Å²) in [4.78, 5) is 11.1. The molecule has 1 aliphatic rings. The van der Waals surface area contributed by atoms with E-state index in [1.54, 1.807) is 6.92 Å². The van der Waals surface area contributed by atoms with Crippen molar-refractivity contribution in [3.63, 3.8) is 0 Å². The normalized spacial score (nSPS) is 19.5. The second-order valence-corrected chi connectivity index (χ2v) is 4.84. The molecule has 98 valence electrons. The highest BCUT2D eigenvalue weighted by molar-refractivity contribution is 5.94. The smallest absolute Gasteiger partial charge is 0.159 e. The Bertz CT molecular complexity index is 380. The lowest BCUT2D eigenvalue weighted by Crippen LogP contribution is -2.21. The van der Waals surface area contributed by atoms with Crippen molar-refractivity contribution < 1.29 is 9.53 Å². The number of hydrogen-bond acceptors (Lipinski definition) is 3. The third-order valence-electron chi connectivity index (χ3n) is 3.36. The molecule has 2 rings (SSSR count). The molecular weight excluding hydrogens is 226 g/mol. The SMILES string of the molecule is CC(=O)c1ccc(NCCC2CCCCO2)cc1. The minimum absolute atomic E-state index is 0.108. The highest BCUT2D eigenvalue weighted by Crippen LogP contribution is 2.16. The number of carbonyl (C=O) groups excluding carboxylic acids is 1. The first-order valence-electron chi connectivity index (χ1n) is 6.72. The quantitative estimate of drug-likeness (QED) is 0.812. The van der Waals surface area contributed by atoms with Crippen LogP contribution in [0.3, 0.4) is 0 Å². The summed E-state index contributed by atoms with van der Waals surface area (Å²) in [5.74, 6) is 0.108.